The quantitative estimate of drug-likeness (QED) is 0.483. The molecule has 0 saturated carbocycles. The molecule has 1 heterocycles. The standard InChI is InChI=1S/C21H18BrClN2O5/c1-4-30-15-9-12(16(22)17(23)18(15)26)8-14-19(27)24-21(29)25(20(14)28)13-6-5-10(2)11(3)7-13/h5-9,26H,4H2,1-3H3,(H,24,27,29)/b14-8+. The molecule has 0 spiro atoms. The summed E-state index contributed by atoms with van der Waals surface area (Å²) >= 11 is 9.39. The Bertz CT molecular complexity index is 1110. The summed E-state index contributed by atoms with van der Waals surface area (Å²) in [4.78, 5) is 38.8. The second-order valence-electron chi connectivity index (χ2n) is 6.60. The van der Waals surface area contributed by atoms with Gasteiger partial charge in [0, 0.05) is 4.47 Å². The average molecular weight is 494 g/mol. The van der Waals surface area contributed by atoms with Gasteiger partial charge in [0.25, 0.3) is 11.8 Å². The first-order valence-electron chi connectivity index (χ1n) is 8.98. The number of phenolic OH excluding ortho intramolecular Hbond substituents is 1. The molecule has 2 aromatic carbocycles. The summed E-state index contributed by atoms with van der Waals surface area (Å²) in [7, 11) is 0. The maximum absolute atomic E-state index is 13.1. The monoisotopic (exact) mass is 492 g/mol. The molecule has 1 fully saturated rings. The summed E-state index contributed by atoms with van der Waals surface area (Å²) in [5, 5.41) is 12.3. The molecular weight excluding hydrogens is 476 g/mol. The van der Waals surface area contributed by atoms with Crippen molar-refractivity contribution in [2.45, 2.75) is 20.8 Å². The highest BCUT2D eigenvalue weighted by atomic mass is 79.9. The van der Waals surface area contributed by atoms with E-state index in [1.807, 2.05) is 13.8 Å². The minimum absolute atomic E-state index is 0.0291. The fraction of sp³-hybridized carbons (Fsp3) is 0.190. The highest BCUT2D eigenvalue weighted by Crippen LogP contribution is 2.42. The average Bonchev–Trinajstić information content (AvgIpc) is 2.69. The maximum Gasteiger partial charge on any atom is 0.335 e. The minimum Gasteiger partial charge on any atom is -0.503 e. The smallest absolute Gasteiger partial charge is 0.335 e. The van der Waals surface area contributed by atoms with Crippen molar-refractivity contribution in [3.05, 3.63) is 56.0 Å². The zero-order valence-electron chi connectivity index (χ0n) is 16.4. The Morgan fingerprint density at radius 2 is 1.90 bits per heavy atom. The third kappa shape index (κ3) is 3.93. The van der Waals surface area contributed by atoms with E-state index in [0.29, 0.717) is 11.3 Å². The van der Waals surface area contributed by atoms with Crippen molar-refractivity contribution in [1.82, 2.24) is 5.32 Å². The summed E-state index contributed by atoms with van der Waals surface area (Å²) in [6.45, 7) is 5.78. The summed E-state index contributed by atoms with van der Waals surface area (Å²) in [6.07, 6.45) is 1.29. The number of nitrogens with one attached hydrogen (secondary N) is 1. The number of imide groups is 2. The fourth-order valence-electron chi connectivity index (χ4n) is 2.89. The van der Waals surface area contributed by atoms with Crippen molar-refractivity contribution in [1.29, 1.82) is 0 Å². The minimum atomic E-state index is -0.834. The van der Waals surface area contributed by atoms with Gasteiger partial charge in [0.05, 0.1) is 12.3 Å². The first-order valence-corrected chi connectivity index (χ1v) is 10.1. The van der Waals surface area contributed by atoms with E-state index in [1.165, 1.54) is 12.1 Å². The molecule has 0 unspecified atom stereocenters. The van der Waals surface area contributed by atoms with E-state index < -0.39 is 17.8 Å². The van der Waals surface area contributed by atoms with Gasteiger partial charge < -0.3 is 9.84 Å². The molecule has 1 saturated heterocycles. The number of phenols is 1. The molecule has 9 heteroatoms. The number of ether oxygens (including phenoxy) is 1. The topological polar surface area (TPSA) is 95.9 Å². The summed E-state index contributed by atoms with van der Waals surface area (Å²) in [5.41, 5.74) is 2.30. The van der Waals surface area contributed by atoms with E-state index >= 15 is 0 Å². The number of nitrogens with zero attached hydrogens (tertiary/aromatic N) is 1. The molecule has 2 N–H and O–H groups in total. The predicted octanol–water partition coefficient (Wildman–Crippen LogP) is 4.49. The largest absolute Gasteiger partial charge is 0.503 e. The number of anilines is 1. The number of aryl methyl sites for hydroxylation is 2. The lowest BCUT2D eigenvalue weighted by Crippen LogP contribution is -2.54. The Morgan fingerprint density at radius 3 is 2.53 bits per heavy atom. The van der Waals surface area contributed by atoms with Gasteiger partial charge in [-0.15, -0.1) is 0 Å². The predicted molar refractivity (Wildman–Crippen MR) is 117 cm³/mol. The third-order valence-corrected chi connectivity index (χ3v) is 6.07. The van der Waals surface area contributed by atoms with Crippen LogP contribution in [0.2, 0.25) is 5.02 Å². The number of hydrogen-bond acceptors (Lipinski definition) is 5. The van der Waals surface area contributed by atoms with E-state index in [-0.39, 0.29) is 33.2 Å². The summed E-state index contributed by atoms with van der Waals surface area (Å²) < 4.78 is 5.62. The highest BCUT2D eigenvalue weighted by Gasteiger charge is 2.37. The number of halogens is 2. The molecular formula is C21H18BrClN2O5. The summed E-state index contributed by atoms with van der Waals surface area (Å²) in [6, 6.07) is 5.73. The van der Waals surface area contributed by atoms with Crippen molar-refractivity contribution < 1.29 is 24.2 Å². The Hall–Kier alpha value is -2.84. The van der Waals surface area contributed by atoms with Crippen LogP contribution in [0.3, 0.4) is 0 Å². The van der Waals surface area contributed by atoms with Crippen molar-refractivity contribution >= 4 is 57.1 Å². The molecule has 0 aliphatic carbocycles. The van der Waals surface area contributed by atoms with E-state index in [2.05, 4.69) is 21.2 Å². The van der Waals surface area contributed by atoms with E-state index in [9.17, 15) is 19.5 Å². The second-order valence-corrected chi connectivity index (χ2v) is 7.77. The molecule has 1 aliphatic rings. The first-order chi connectivity index (χ1) is 14.1. The molecule has 2 aromatic rings. The van der Waals surface area contributed by atoms with Gasteiger partial charge >= 0.3 is 6.03 Å². The lowest BCUT2D eigenvalue weighted by Gasteiger charge is -2.27. The van der Waals surface area contributed by atoms with Gasteiger partial charge in [-0.2, -0.15) is 0 Å². The highest BCUT2D eigenvalue weighted by molar-refractivity contribution is 9.10. The number of rotatable bonds is 4. The Kier molecular flexibility index (Phi) is 6.19. The van der Waals surface area contributed by atoms with E-state index in [0.717, 1.165) is 16.0 Å². The molecule has 3 rings (SSSR count). The Morgan fingerprint density at radius 1 is 1.20 bits per heavy atom. The maximum atomic E-state index is 13.1. The third-order valence-electron chi connectivity index (χ3n) is 4.62. The van der Waals surface area contributed by atoms with Crippen LogP contribution < -0.4 is 15.0 Å². The van der Waals surface area contributed by atoms with Crippen LogP contribution in [0.4, 0.5) is 10.5 Å². The molecule has 0 bridgehead atoms. The van der Waals surface area contributed by atoms with Crippen molar-refractivity contribution in [2.24, 2.45) is 0 Å². The van der Waals surface area contributed by atoms with Gasteiger partial charge in [0.1, 0.15) is 10.6 Å². The number of urea groups is 1. The number of carbonyl (C=O) groups is 3. The number of benzene rings is 2. The van der Waals surface area contributed by atoms with Gasteiger partial charge in [-0.05, 0) is 77.7 Å². The van der Waals surface area contributed by atoms with Crippen LogP contribution in [-0.2, 0) is 9.59 Å². The first kappa shape index (κ1) is 21.9. The van der Waals surface area contributed by atoms with Crippen molar-refractivity contribution in [3.63, 3.8) is 0 Å². The van der Waals surface area contributed by atoms with Gasteiger partial charge in [0.15, 0.2) is 11.5 Å². The van der Waals surface area contributed by atoms with E-state index in [4.69, 9.17) is 16.3 Å². The van der Waals surface area contributed by atoms with Crippen LogP contribution in [0.1, 0.15) is 23.6 Å². The lowest BCUT2D eigenvalue weighted by molar-refractivity contribution is -0.122. The molecule has 156 valence electrons. The van der Waals surface area contributed by atoms with Crippen LogP contribution in [0.5, 0.6) is 11.5 Å². The number of hydrogen-bond donors (Lipinski definition) is 2. The SMILES string of the molecule is CCOc1cc(/C=C2\C(=O)NC(=O)N(c3ccc(C)c(C)c3)C2=O)c(Br)c(Cl)c1O. The fourth-order valence-corrected chi connectivity index (χ4v) is 3.51. The van der Waals surface area contributed by atoms with Gasteiger partial charge in [0.2, 0.25) is 0 Å². The van der Waals surface area contributed by atoms with Gasteiger partial charge in [-0.1, -0.05) is 17.7 Å². The van der Waals surface area contributed by atoms with Gasteiger partial charge in [-0.25, -0.2) is 9.69 Å². The molecule has 4 amide bonds. The van der Waals surface area contributed by atoms with Crippen LogP contribution in [0.25, 0.3) is 6.08 Å². The molecule has 0 aromatic heterocycles. The Balaban J connectivity index is 2.10. The van der Waals surface area contributed by atoms with E-state index in [1.54, 1.807) is 25.1 Å². The zero-order chi connectivity index (χ0) is 22.2. The van der Waals surface area contributed by atoms with Crippen LogP contribution in [0.15, 0.2) is 34.3 Å². The number of barbiturate groups is 1. The molecule has 7 nitrogen and oxygen atoms in total. The number of amides is 4. The van der Waals surface area contributed by atoms with Crippen LogP contribution in [0, 0.1) is 13.8 Å². The lowest BCUT2D eigenvalue weighted by atomic mass is 10.0. The van der Waals surface area contributed by atoms with Gasteiger partial charge in [-0.3, -0.25) is 14.9 Å². The Labute approximate surface area is 186 Å². The zero-order valence-corrected chi connectivity index (χ0v) is 18.7. The van der Waals surface area contributed by atoms with Crippen molar-refractivity contribution in [3.8, 4) is 11.5 Å². The van der Waals surface area contributed by atoms with Crippen LogP contribution >= 0.6 is 27.5 Å². The second kappa shape index (κ2) is 8.49. The number of carbonyl (C=O) groups excluding carboxylic acids is 3. The molecule has 0 atom stereocenters. The number of aromatic hydroxyl groups is 1. The van der Waals surface area contributed by atoms with Crippen LogP contribution in [-0.4, -0.2) is 29.6 Å². The van der Waals surface area contributed by atoms with Crippen molar-refractivity contribution in [2.75, 3.05) is 11.5 Å². The normalized spacial score (nSPS) is 15.6. The molecule has 0 radical (unpaired) electrons. The molecule has 30 heavy (non-hydrogen) atoms. The summed E-state index contributed by atoms with van der Waals surface area (Å²) in [5.74, 6) is -1.78. The molecule has 1 aliphatic heterocycles.